The van der Waals surface area contributed by atoms with Crippen molar-refractivity contribution in [1.82, 2.24) is 19.9 Å². The van der Waals surface area contributed by atoms with Crippen molar-refractivity contribution < 1.29 is 0 Å². The van der Waals surface area contributed by atoms with Gasteiger partial charge in [-0.1, -0.05) is 6.07 Å². The first-order valence-corrected chi connectivity index (χ1v) is 6.13. The summed E-state index contributed by atoms with van der Waals surface area (Å²) in [6.07, 6.45) is 7.48. The monoisotopic (exact) mass is 242 g/mol. The highest BCUT2D eigenvalue weighted by Gasteiger charge is 2.01. The summed E-state index contributed by atoms with van der Waals surface area (Å²) >= 11 is 0. The number of nitrogens with zero attached hydrogens (tertiary/aromatic N) is 4. The van der Waals surface area contributed by atoms with E-state index in [0.717, 1.165) is 36.5 Å². The van der Waals surface area contributed by atoms with E-state index in [9.17, 15) is 0 Å². The number of hydrogen-bond donors (Lipinski definition) is 0. The third-order valence-corrected chi connectivity index (χ3v) is 2.67. The van der Waals surface area contributed by atoms with E-state index in [4.69, 9.17) is 0 Å². The molecule has 94 valence electrons. The van der Waals surface area contributed by atoms with E-state index >= 15 is 0 Å². The molecule has 2 heterocycles. The van der Waals surface area contributed by atoms with Gasteiger partial charge < -0.3 is 4.90 Å². The van der Waals surface area contributed by atoms with Crippen LogP contribution in [0, 0.1) is 0 Å². The van der Waals surface area contributed by atoms with E-state index in [2.05, 4.69) is 33.9 Å². The molecule has 0 radical (unpaired) electrons. The summed E-state index contributed by atoms with van der Waals surface area (Å²) in [5.74, 6) is 0. The van der Waals surface area contributed by atoms with Crippen molar-refractivity contribution in [1.29, 1.82) is 0 Å². The van der Waals surface area contributed by atoms with Gasteiger partial charge in [0, 0.05) is 12.4 Å². The van der Waals surface area contributed by atoms with E-state index in [1.165, 1.54) is 0 Å². The molecule has 0 spiro atoms. The molecule has 4 heteroatoms. The molecule has 0 unspecified atom stereocenters. The number of aromatic nitrogens is 3. The molecule has 0 aliphatic rings. The van der Waals surface area contributed by atoms with E-state index in [0.29, 0.717) is 0 Å². The highest BCUT2D eigenvalue weighted by atomic mass is 15.0. The van der Waals surface area contributed by atoms with Crippen molar-refractivity contribution in [2.75, 3.05) is 20.6 Å². The smallest absolute Gasteiger partial charge is 0.107 e. The minimum absolute atomic E-state index is 0.826. The molecular formula is C14H18N4. The second-order valence-electron chi connectivity index (χ2n) is 4.51. The maximum Gasteiger partial charge on any atom is 0.107 e. The van der Waals surface area contributed by atoms with Crippen LogP contribution in [0.5, 0.6) is 0 Å². The number of hydrogen-bond acceptors (Lipinski definition) is 4. The molecule has 0 atom stereocenters. The fourth-order valence-corrected chi connectivity index (χ4v) is 1.71. The molecule has 0 N–H and O–H groups in total. The minimum Gasteiger partial charge on any atom is -0.309 e. The molecule has 2 rings (SSSR count). The Kier molecular flexibility index (Phi) is 4.36. The minimum atomic E-state index is 0.826. The van der Waals surface area contributed by atoms with Crippen LogP contribution < -0.4 is 0 Å². The van der Waals surface area contributed by atoms with Crippen molar-refractivity contribution in [2.45, 2.75) is 12.8 Å². The quantitative estimate of drug-likeness (QED) is 0.804. The molecular weight excluding hydrogens is 224 g/mol. The number of rotatable bonds is 5. The third-order valence-electron chi connectivity index (χ3n) is 2.67. The molecule has 2 aromatic rings. The van der Waals surface area contributed by atoms with Gasteiger partial charge in [-0.05, 0) is 45.6 Å². The van der Waals surface area contributed by atoms with E-state index in [1.54, 1.807) is 12.4 Å². The zero-order valence-electron chi connectivity index (χ0n) is 10.9. The standard InChI is InChI=1S/C14H18N4/c1-18(2)9-5-6-12-10-17-14(11-16-12)13-7-3-4-8-15-13/h3-4,7-8,10-11H,5-6,9H2,1-2H3. The van der Waals surface area contributed by atoms with Crippen LogP contribution >= 0.6 is 0 Å². The van der Waals surface area contributed by atoms with Crippen LogP contribution in [0.3, 0.4) is 0 Å². The first kappa shape index (κ1) is 12.6. The molecule has 0 bridgehead atoms. The Balaban J connectivity index is 1.98. The van der Waals surface area contributed by atoms with Gasteiger partial charge in [0.15, 0.2) is 0 Å². The van der Waals surface area contributed by atoms with E-state index in [1.807, 2.05) is 24.4 Å². The third kappa shape index (κ3) is 3.60. The van der Waals surface area contributed by atoms with Crippen molar-refractivity contribution in [3.05, 3.63) is 42.5 Å². The second kappa shape index (κ2) is 6.21. The summed E-state index contributed by atoms with van der Waals surface area (Å²) in [4.78, 5) is 15.3. The molecule has 0 fully saturated rings. The Morgan fingerprint density at radius 1 is 1.00 bits per heavy atom. The predicted molar refractivity (Wildman–Crippen MR) is 72.1 cm³/mol. The fourth-order valence-electron chi connectivity index (χ4n) is 1.71. The maximum atomic E-state index is 4.43. The van der Waals surface area contributed by atoms with Crippen LogP contribution in [-0.2, 0) is 6.42 Å². The SMILES string of the molecule is CN(C)CCCc1cnc(-c2ccccn2)cn1. The first-order chi connectivity index (χ1) is 8.75. The topological polar surface area (TPSA) is 41.9 Å². The van der Waals surface area contributed by atoms with Crippen molar-refractivity contribution in [2.24, 2.45) is 0 Å². The Morgan fingerprint density at radius 3 is 2.50 bits per heavy atom. The zero-order chi connectivity index (χ0) is 12.8. The van der Waals surface area contributed by atoms with Gasteiger partial charge in [-0.2, -0.15) is 0 Å². The van der Waals surface area contributed by atoms with Gasteiger partial charge in [0.25, 0.3) is 0 Å². The molecule has 0 saturated carbocycles. The van der Waals surface area contributed by atoms with Gasteiger partial charge in [-0.15, -0.1) is 0 Å². The Hall–Kier alpha value is -1.81. The summed E-state index contributed by atoms with van der Waals surface area (Å²) in [7, 11) is 4.16. The van der Waals surface area contributed by atoms with Gasteiger partial charge in [0.05, 0.1) is 17.6 Å². The van der Waals surface area contributed by atoms with Crippen LogP contribution in [0.25, 0.3) is 11.4 Å². The molecule has 0 aromatic carbocycles. The molecule has 4 nitrogen and oxygen atoms in total. The first-order valence-electron chi connectivity index (χ1n) is 6.13. The Morgan fingerprint density at radius 2 is 1.89 bits per heavy atom. The van der Waals surface area contributed by atoms with Gasteiger partial charge in [-0.3, -0.25) is 15.0 Å². The zero-order valence-corrected chi connectivity index (χ0v) is 10.9. The lowest BCUT2D eigenvalue weighted by molar-refractivity contribution is 0.399. The lowest BCUT2D eigenvalue weighted by Crippen LogP contribution is -2.13. The van der Waals surface area contributed by atoms with Gasteiger partial charge in [0.1, 0.15) is 5.69 Å². The van der Waals surface area contributed by atoms with Crippen molar-refractivity contribution in [3.63, 3.8) is 0 Å². The molecule has 0 saturated heterocycles. The average molecular weight is 242 g/mol. The maximum absolute atomic E-state index is 4.43. The van der Waals surface area contributed by atoms with E-state index in [-0.39, 0.29) is 0 Å². The van der Waals surface area contributed by atoms with Crippen molar-refractivity contribution >= 4 is 0 Å². The Labute approximate surface area is 108 Å². The van der Waals surface area contributed by atoms with Crippen LogP contribution in [0.15, 0.2) is 36.8 Å². The molecule has 2 aromatic heterocycles. The van der Waals surface area contributed by atoms with Crippen LogP contribution in [0.1, 0.15) is 12.1 Å². The largest absolute Gasteiger partial charge is 0.309 e. The van der Waals surface area contributed by atoms with Gasteiger partial charge in [-0.25, -0.2) is 0 Å². The van der Waals surface area contributed by atoms with Gasteiger partial charge >= 0.3 is 0 Å². The second-order valence-corrected chi connectivity index (χ2v) is 4.51. The summed E-state index contributed by atoms with van der Waals surface area (Å²) in [5.41, 5.74) is 2.73. The fraction of sp³-hybridized carbons (Fsp3) is 0.357. The number of aryl methyl sites for hydroxylation is 1. The van der Waals surface area contributed by atoms with E-state index < -0.39 is 0 Å². The molecule has 18 heavy (non-hydrogen) atoms. The number of pyridine rings is 1. The summed E-state index contributed by atoms with van der Waals surface area (Å²) in [6.45, 7) is 1.07. The summed E-state index contributed by atoms with van der Waals surface area (Å²) in [5, 5.41) is 0. The molecule has 0 aliphatic carbocycles. The molecule has 0 aliphatic heterocycles. The van der Waals surface area contributed by atoms with Crippen molar-refractivity contribution in [3.8, 4) is 11.4 Å². The Bertz CT molecular complexity index is 465. The van der Waals surface area contributed by atoms with Crippen LogP contribution in [0.4, 0.5) is 0 Å². The lowest BCUT2D eigenvalue weighted by atomic mass is 10.2. The lowest BCUT2D eigenvalue weighted by Gasteiger charge is -2.08. The van der Waals surface area contributed by atoms with Gasteiger partial charge in [0.2, 0.25) is 0 Å². The summed E-state index contributed by atoms with van der Waals surface area (Å²) < 4.78 is 0. The normalized spacial score (nSPS) is 10.8. The summed E-state index contributed by atoms with van der Waals surface area (Å²) in [6, 6.07) is 5.79. The predicted octanol–water partition coefficient (Wildman–Crippen LogP) is 2.03. The highest BCUT2D eigenvalue weighted by molar-refractivity contribution is 5.51. The molecule has 0 amide bonds. The van der Waals surface area contributed by atoms with Crippen LogP contribution in [0.2, 0.25) is 0 Å². The average Bonchev–Trinajstić information content (AvgIpc) is 2.40. The van der Waals surface area contributed by atoms with Crippen LogP contribution in [-0.4, -0.2) is 40.5 Å². The highest BCUT2D eigenvalue weighted by Crippen LogP contribution is 2.11.